The van der Waals surface area contributed by atoms with Crippen LogP contribution in [0.3, 0.4) is 0 Å². The predicted octanol–water partition coefficient (Wildman–Crippen LogP) is 4.12. The molecule has 0 aliphatic heterocycles. The van der Waals surface area contributed by atoms with Gasteiger partial charge in [0.05, 0.1) is 12.7 Å². The van der Waals surface area contributed by atoms with Crippen molar-refractivity contribution in [2.24, 2.45) is 0 Å². The second-order valence-electron chi connectivity index (χ2n) is 7.07. The number of hydrogen-bond donors (Lipinski definition) is 2. The van der Waals surface area contributed by atoms with E-state index >= 15 is 0 Å². The van der Waals surface area contributed by atoms with Crippen molar-refractivity contribution in [1.29, 1.82) is 0 Å². The highest BCUT2D eigenvalue weighted by Gasteiger charge is 2.27. The molecule has 2 unspecified atom stereocenters. The van der Waals surface area contributed by atoms with E-state index in [2.05, 4.69) is 4.72 Å². The molecule has 178 valence electrons. The lowest BCUT2D eigenvalue weighted by Gasteiger charge is -2.22. The Kier molecular flexibility index (Phi) is 12.5. The van der Waals surface area contributed by atoms with Crippen molar-refractivity contribution < 1.29 is 23.1 Å². The maximum Gasteiger partial charge on any atom is 0.322 e. The number of aliphatic carboxylic acids is 1. The summed E-state index contributed by atoms with van der Waals surface area (Å²) in [6.45, 7) is 6.41. The van der Waals surface area contributed by atoms with Crippen LogP contribution in [-0.2, 0) is 32.8 Å². The molecule has 0 spiro atoms. The van der Waals surface area contributed by atoms with E-state index in [9.17, 15) is 18.3 Å². The summed E-state index contributed by atoms with van der Waals surface area (Å²) in [4.78, 5) is 11.5. The second kappa shape index (κ2) is 14.2. The van der Waals surface area contributed by atoms with Gasteiger partial charge in [0.2, 0.25) is 0 Å². The molecule has 0 radical (unpaired) electrons. The summed E-state index contributed by atoms with van der Waals surface area (Å²) >= 11 is 5.95. The van der Waals surface area contributed by atoms with Crippen LogP contribution >= 0.6 is 11.6 Å². The van der Waals surface area contributed by atoms with Gasteiger partial charge in [-0.05, 0) is 43.0 Å². The van der Waals surface area contributed by atoms with E-state index in [4.69, 9.17) is 16.3 Å². The van der Waals surface area contributed by atoms with Gasteiger partial charge in [0.1, 0.15) is 6.04 Å². The van der Waals surface area contributed by atoms with Gasteiger partial charge >= 0.3 is 5.97 Å². The first-order valence-corrected chi connectivity index (χ1v) is 12.4. The van der Waals surface area contributed by atoms with Crippen molar-refractivity contribution in [3.8, 4) is 0 Å². The van der Waals surface area contributed by atoms with E-state index in [-0.39, 0.29) is 19.1 Å². The van der Waals surface area contributed by atoms with Gasteiger partial charge in [-0.3, -0.25) is 4.79 Å². The number of ether oxygens (including phenoxy) is 1. The minimum atomic E-state index is -3.96. The number of nitrogens with one attached hydrogen (secondary N) is 1. The molecule has 2 rings (SSSR count). The molecule has 0 aromatic heterocycles. The smallest absolute Gasteiger partial charge is 0.322 e. The highest BCUT2D eigenvalue weighted by atomic mass is 35.5. The Hall–Kier alpha value is -1.97. The predicted molar refractivity (Wildman–Crippen MR) is 128 cm³/mol. The zero-order valence-corrected chi connectivity index (χ0v) is 20.6. The first-order chi connectivity index (χ1) is 15.2. The third-order valence-corrected chi connectivity index (χ3v) is 6.38. The molecule has 2 aromatic rings. The van der Waals surface area contributed by atoms with E-state index in [1.54, 1.807) is 30.3 Å². The Morgan fingerprint density at radius 1 is 1.12 bits per heavy atom. The maximum absolute atomic E-state index is 12.6. The van der Waals surface area contributed by atoms with Crippen LogP contribution in [-0.4, -0.2) is 49.5 Å². The Labute approximate surface area is 196 Å². The van der Waals surface area contributed by atoms with Crippen LogP contribution in [0.4, 0.5) is 0 Å². The number of carboxylic acids is 1. The van der Waals surface area contributed by atoms with Crippen LogP contribution in [0.15, 0.2) is 54.6 Å². The number of rotatable bonds is 12. The van der Waals surface area contributed by atoms with Gasteiger partial charge in [0.25, 0.3) is 10.2 Å². The van der Waals surface area contributed by atoms with Gasteiger partial charge in [-0.15, -0.1) is 0 Å². The fraction of sp³-hybridized carbons (Fsp3) is 0.435. The van der Waals surface area contributed by atoms with Gasteiger partial charge in [-0.2, -0.15) is 17.4 Å². The number of benzene rings is 2. The summed E-state index contributed by atoms with van der Waals surface area (Å²) in [7, 11) is -2.55. The molecule has 0 saturated carbocycles. The summed E-state index contributed by atoms with van der Waals surface area (Å²) in [5, 5.41) is 10.0. The quantitative estimate of drug-likeness (QED) is 0.472. The summed E-state index contributed by atoms with van der Waals surface area (Å²) in [6.07, 6.45) is 0.317. The largest absolute Gasteiger partial charge is 0.480 e. The number of carboxylic acid groups (broad SMARTS) is 1. The second-order valence-corrected chi connectivity index (χ2v) is 9.31. The molecule has 0 aliphatic rings. The lowest BCUT2D eigenvalue weighted by atomic mass is 10.1. The van der Waals surface area contributed by atoms with Crippen molar-refractivity contribution in [3.63, 3.8) is 0 Å². The molecule has 0 bridgehead atoms. The maximum atomic E-state index is 12.6. The normalized spacial score (nSPS) is 13.2. The molecule has 0 saturated heterocycles. The van der Waals surface area contributed by atoms with E-state index in [1.165, 1.54) is 7.05 Å². The lowest BCUT2D eigenvalue weighted by molar-refractivity contribution is -0.138. The minimum Gasteiger partial charge on any atom is -0.480 e. The molecule has 2 aromatic carbocycles. The van der Waals surface area contributed by atoms with Crippen LogP contribution in [0, 0.1) is 0 Å². The molecule has 0 heterocycles. The van der Waals surface area contributed by atoms with Crippen LogP contribution in [0.1, 0.15) is 38.3 Å². The highest BCUT2D eigenvalue weighted by molar-refractivity contribution is 7.87. The van der Waals surface area contributed by atoms with Crippen molar-refractivity contribution in [2.45, 2.75) is 52.4 Å². The number of hydrogen-bond acceptors (Lipinski definition) is 4. The van der Waals surface area contributed by atoms with Crippen molar-refractivity contribution in [3.05, 3.63) is 70.7 Å². The molecule has 2 N–H and O–H groups in total. The number of carbonyl (C=O) groups is 1. The summed E-state index contributed by atoms with van der Waals surface area (Å²) in [6, 6.07) is 15.0. The van der Waals surface area contributed by atoms with E-state index in [0.29, 0.717) is 18.1 Å². The standard InChI is InChI=1S/C21H27ClN2O5S.C2H6/c1-16(29-15-18-9-6-10-19(22)13-18)11-12-24(2)30(27,28)23-20(21(25)26)14-17-7-4-3-5-8-17;1-2/h3-10,13,16,20,23H,11-12,14-15H2,1-2H3,(H,25,26);1-2H3. The summed E-state index contributed by atoms with van der Waals surface area (Å²) < 4.78 is 34.2. The Morgan fingerprint density at radius 2 is 1.75 bits per heavy atom. The van der Waals surface area contributed by atoms with Gasteiger partial charge in [-0.25, -0.2) is 0 Å². The van der Waals surface area contributed by atoms with Gasteiger partial charge in [0.15, 0.2) is 0 Å². The lowest BCUT2D eigenvalue weighted by Crippen LogP contribution is -2.48. The average molecular weight is 485 g/mol. The van der Waals surface area contributed by atoms with Crippen molar-refractivity contribution >= 4 is 27.8 Å². The Morgan fingerprint density at radius 3 is 2.34 bits per heavy atom. The van der Waals surface area contributed by atoms with E-state index < -0.39 is 22.2 Å². The molecule has 0 amide bonds. The molecule has 2 atom stereocenters. The molecule has 9 heteroatoms. The first-order valence-electron chi connectivity index (χ1n) is 10.5. The van der Waals surface area contributed by atoms with Crippen molar-refractivity contribution in [2.75, 3.05) is 13.6 Å². The summed E-state index contributed by atoms with van der Waals surface area (Å²) in [5.41, 5.74) is 1.67. The zero-order valence-electron chi connectivity index (χ0n) is 19.0. The van der Waals surface area contributed by atoms with Crippen LogP contribution < -0.4 is 4.72 Å². The van der Waals surface area contributed by atoms with Crippen LogP contribution in [0.2, 0.25) is 5.02 Å². The van der Waals surface area contributed by atoms with Crippen LogP contribution in [0.5, 0.6) is 0 Å². The van der Waals surface area contributed by atoms with E-state index in [1.807, 2.05) is 45.0 Å². The Balaban J connectivity index is 0.00000249. The molecule has 7 nitrogen and oxygen atoms in total. The van der Waals surface area contributed by atoms with Crippen molar-refractivity contribution in [1.82, 2.24) is 9.03 Å². The third-order valence-electron chi connectivity index (χ3n) is 4.56. The molecular formula is C23H33ClN2O5S. The fourth-order valence-corrected chi connectivity index (χ4v) is 4.01. The number of nitrogens with zero attached hydrogens (tertiary/aromatic N) is 1. The topological polar surface area (TPSA) is 95.9 Å². The van der Waals surface area contributed by atoms with Gasteiger partial charge in [0, 0.05) is 18.6 Å². The first kappa shape index (κ1) is 28.1. The Bertz CT molecular complexity index is 925. The van der Waals surface area contributed by atoms with E-state index in [0.717, 1.165) is 15.4 Å². The third kappa shape index (κ3) is 10.1. The average Bonchev–Trinajstić information content (AvgIpc) is 2.77. The summed E-state index contributed by atoms with van der Waals surface area (Å²) in [5.74, 6) is -1.23. The fourth-order valence-electron chi connectivity index (χ4n) is 2.73. The monoisotopic (exact) mass is 484 g/mol. The highest BCUT2D eigenvalue weighted by Crippen LogP contribution is 2.13. The van der Waals surface area contributed by atoms with Gasteiger partial charge in [-0.1, -0.05) is 67.9 Å². The SMILES string of the molecule is CC.CC(CCN(C)S(=O)(=O)NC(Cc1ccccc1)C(=O)O)OCc1cccc(Cl)c1. The minimum absolute atomic E-state index is 0.0579. The molecule has 32 heavy (non-hydrogen) atoms. The molecule has 0 fully saturated rings. The van der Waals surface area contributed by atoms with Crippen LogP contribution in [0.25, 0.3) is 0 Å². The molecular weight excluding hydrogens is 452 g/mol. The zero-order chi connectivity index (χ0) is 24.1. The number of halogens is 1. The molecule has 0 aliphatic carbocycles. The van der Waals surface area contributed by atoms with Gasteiger partial charge < -0.3 is 9.84 Å².